The minimum atomic E-state index is -0.191. The van der Waals surface area contributed by atoms with Crippen molar-refractivity contribution >= 4 is 17.5 Å². The monoisotopic (exact) mass is 365 g/mol. The third-order valence-corrected chi connectivity index (χ3v) is 5.18. The van der Waals surface area contributed by atoms with Crippen LogP contribution in [0.4, 0.5) is 5.69 Å². The smallest absolute Gasteiger partial charge is 0.276 e. The number of para-hydroxylation sites is 1. The minimum Gasteiger partial charge on any atom is -0.334 e. The highest BCUT2D eigenvalue weighted by molar-refractivity contribution is 6.05. The second-order valence-corrected chi connectivity index (χ2v) is 6.85. The van der Waals surface area contributed by atoms with Crippen LogP contribution in [0.25, 0.3) is 0 Å². The summed E-state index contributed by atoms with van der Waals surface area (Å²) in [5.41, 5.74) is 1.48. The van der Waals surface area contributed by atoms with Gasteiger partial charge in [0, 0.05) is 24.8 Å². The summed E-state index contributed by atoms with van der Waals surface area (Å²) in [4.78, 5) is 34.0. The van der Waals surface area contributed by atoms with E-state index in [0.29, 0.717) is 17.9 Å². The molecule has 1 atom stereocenters. The number of nitrogens with zero attached hydrogens (tertiary/aromatic N) is 3. The molecule has 2 amide bonds. The molecular formula is C22H27N3O2. The average Bonchev–Trinajstić information content (AvgIpc) is 2.74. The summed E-state index contributed by atoms with van der Waals surface area (Å²) in [6, 6.07) is 14.9. The van der Waals surface area contributed by atoms with Crippen molar-refractivity contribution in [3.63, 3.8) is 0 Å². The zero-order valence-electron chi connectivity index (χ0n) is 16.1. The second kappa shape index (κ2) is 8.80. The Kier molecular flexibility index (Phi) is 6.22. The number of amides is 2. The predicted octanol–water partition coefficient (Wildman–Crippen LogP) is 4.15. The van der Waals surface area contributed by atoms with Gasteiger partial charge in [-0.05, 0) is 56.9 Å². The number of carbonyl (C=O) groups excluding carboxylic acids is 2. The van der Waals surface area contributed by atoms with Crippen molar-refractivity contribution < 1.29 is 9.59 Å². The van der Waals surface area contributed by atoms with E-state index in [1.54, 1.807) is 23.1 Å². The van der Waals surface area contributed by atoms with Gasteiger partial charge in [0.25, 0.3) is 11.8 Å². The summed E-state index contributed by atoms with van der Waals surface area (Å²) in [6.07, 6.45) is 4.18. The van der Waals surface area contributed by atoms with Gasteiger partial charge in [-0.3, -0.25) is 9.59 Å². The van der Waals surface area contributed by atoms with Gasteiger partial charge < -0.3 is 9.80 Å². The molecule has 0 bridgehead atoms. The predicted molar refractivity (Wildman–Crippen MR) is 107 cm³/mol. The van der Waals surface area contributed by atoms with Crippen LogP contribution in [0, 0.1) is 0 Å². The highest BCUT2D eigenvalue weighted by Crippen LogP contribution is 2.22. The molecule has 27 heavy (non-hydrogen) atoms. The molecule has 1 aromatic carbocycles. The van der Waals surface area contributed by atoms with Crippen LogP contribution in [0.3, 0.4) is 0 Å². The molecule has 5 nitrogen and oxygen atoms in total. The van der Waals surface area contributed by atoms with E-state index in [9.17, 15) is 9.59 Å². The van der Waals surface area contributed by atoms with Crippen molar-refractivity contribution in [3.8, 4) is 0 Å². The number of rotatable bonds is 5. The molecule has 1 aliphatic heterocycles. The maximum atomic E-state index is 13.0. The van der Waals surface area contributed by atoms with Crippen molar-refractivity contribution in [2.45, 2.75) is 45.6 Å². The number of benzene rings is 1. The first-order valence-corrected chi connectivity index (χ1v) is 9.80. The van der Waals surface area contributed by atoms with E-state index in [1.165, 1.54) is 0 Å². The largest absolute Gasteiger partial charge is 0.334 e. The molecule has 0 radical (unpaired) electrons. The summed E-state index contributed by atoms with van der Waals surface area (Å²) < 4.78 is 0. The van der Waals surface area contributed by atoms with E-state index < -0.39 is 0 Å². The first kappa shape index (κ1) is 19.1. The number of pyridine rings is 1. The first-order chi connectivity index (χ1) is 13.2. The normalized spacial score (nSPS) is 16.8. The van der Waals surface area contributed by atoms with Crippen molar-refractivity contribution in [2.75, 3.05) is 18.0 Å². The lowest BCUT2D eigenvalue weighted by Gasteiger charge is -2.35. The molecule has 1 unspecified atom stereocenters. The number of carbonyl (C=O) groups is 2. The van der Waals surface area contributed by atoms with E-state index in [0.717, 1.165) is 37.9 Å². The Bertz CT molecular complexity index is 791. The number of hydrogen-bond donors (Lipinski definition) is 0. The molecular weight excluding hydrogens is 338 g/mol. The lowest BCUT2D eigenvalue weighted by Crippen LogP contribution is -2.43. The fraction of sp³-hybridized carbons (Fsp3) is 0.409. The van der Waals surface area contributed by atoms with Crippen molar-refractivity contribution in [1.82, 2.24) is 9.88 Å². The van der Waals surface area contributed by atoms with Crippen LogP contribution in [0.2, 0.25) is 0 Å². The summed E-state index contributed by atoms with van der Waals surface area (Å²) in [5.74, 6) is -0.261. The van der Waals surface area contributed by atoms with Gasteiger partial charge in [0.2, 0.25) is 0 Å². The molecule has 0 spiro atoms. The fourth-order valence-corrected chi connectivity index (χ4v) is 3.70. The fourth-order valence-electron chi connectivity index (χ4n) is 3.70. The van der Waals surface area contributed by atoms with Crippen LogP contribution in [-0.2, 0) is 0 Å². The number of aromatic nitrogens is 1. The van der Waals surface area contributed by atoms with Gasteiger partial charge >= 0.3 is 0 Å². The standard InChI is InChI=1S/C22H27N3O2/c1-3-17-11-8-9-16-25(17)22(27)20-15-10-14-19(23-20)21(26)24(4-2)18-12-6-5-7-13-18/h5-7,10,12-15,17H,3-4,8-9,11,16H2,1-2H3. The molecule has 2 aromatic rings. The Morgan fingerprint density at radius 2 is 1.78 bits per heavy atom. The number of hydrogen-bond acceptors (Lipinski definition) is 3. The summed E-state index contributed by atoms with van der Waals surface area (Å²) in [6.45, 7) is 5.34. The molecule has 5 heteroatoms. The summed E-state index contributed by atoms with van der Waals surface area (Å²) in [5, 5.41) is 0. The van der Waals surface area contributed by atoms with Crippen molar-refractivity contribution in [1.29, 1.82) is 0 Å². The summed E-state index contributed by atoms with van der Waals surface area (Å²) in [7, 11) is 0. The lowest BCUT2D eigenvalue weighted by molar-refractivity contribution is 0.0602. The minimum absolute atomic E-state index is 0.0704. The van der Waals surface area contributed by atoms with Crippen LogP contribution < -0.4 is 4.90 Å². The molecule has 142 valence electrons. The Balaban J connectivity index is 1.84. The van der Waals surface area contributed by atoms with E-state index in [2.05, 4.69) is 11.9 Å². The molecule has 1 aromatic heterocycles. The van der Waals surface area contributed by atoms with Gasteiger partial charge in [0.1, 0.15) is 11.4 Å². The highest BCUT2D eigenvalue weighted by atomic mass is 16.2. The van der Waals surface area contributed by atoms with Gasteiger partial charge in [-0.25, -0.2) is 4.98 Å². The van der Waals surface area contributed by atoms with Crippen LogP contribution in [0.15, 0.2) is 48.5 Å². The van der Waals surface area contributed by atoms with Crippen LogP contribution in [0.1, 0.15) is 60.5 Å². The topological polar surface area (TPSA) is 53.5 Å². The van der Waals surface area contributed by atoms with Gasteiger partial charge in [0.05, 0.1) is 0 Å². The van der Waals surface area contributed by atoms with E-state index in [4.69, 9.17) is 0 Å². The highest BCUT2D eigenvalue weighted by Gasteiger charge is 2.27. The number of likely N-dealkylation sites (tertiary alicyclic amines) is 1. The molecule has 0 saturated carbocycles. The average molecular weight is 365 g/mol. The zero-order valence-corrected chi connectivity index (χ0v) is 16.1. The van der Waals surface area contributed by atoms with Gasteiger partial charge in [0.15, 0.2) is 0 Å². The van der Waals surface area contributed by atoms with Gasteiger partial charge in [-0.15, -0.1) is 0 Å². The maximum Gasteiger partial charge on any atom is 0.276 e. The SMILES string of the molecule is CCC1CCCCN1C(=O)c1cccc(C(=O)N(CC)c2ccccc2)n1. The van der Waals surface area contributed by atoms with Crippen LogP contribution in [0.5, 0.6) is 0 Å². The Labute approximate surface area is 161 Å². The van der Waals surface area contributed by atoms with Gasteiger partial charge in [-0.2, -0.15) is 0 Å². The van der Waals surface area contributed by atoms with E-state index in [1.807, 2.05) is 42.2 Å². The Morgan fingerprint density at radius 3 is 2.48 bits per heavy atom. The zero-order chi connectivity index (χ0) is 19.2. The van der Waals surface area contributed by atoms with Crippen molar-refractivity contribution in [2.24, 2.45) is 0 Å². The Morgan fingerprint density at radius 1 is 1.04 bits per heavy atom. The third-order valence-electron chi connectivity index (χ3n) is 5.18. The van der Waals surface area contributed by atoms with Crippen LogP contribution in [-0.4, -0.2) is 40.8 Å². The number of anilines is 1. The molecule has 0 N–H and O–H groups in total. The first-order valence-electron chi connectivity index (χ1n) is 9.80. The molecule has 1 fully saturated rings. The maximum absolute atomic E-state index is 13.0. The molecule has 1 saturated heterocycles. The van der Waals surface area contributed by atoms with Gasteiger partial charge in [-0.1, -0.05) is 31.2 Å². The number of piperidine rings is 1. The molecule has 0 aliphatic carbocycles. The summed E-state index contributed by atoms with van der Waals surface area (Å²) >= 11 is 0. The molecule has 2 heterocycles. The lowest BCUT2D eigenvalue weighted by atomic mass is 9.99. The Hall–Kier alpha value is -2.69. The van der Waals surface area contributed by atoms with E-state index >= 15 is 0 Å². The van der Waals surface area contributed by atoms with E-state index in [-0.39, 0.29) is 17.9 Å². The molecule has 1 aliphatic rings. The van der Waals surface area contributed by atoms with Crippen LogP contribution >= 0.6 is 0 Å². The second-order valence-electron chi connectivity index (χ2n) is 6.85. The molecule has 3 rings (SSSR count). The quantitative estimate of drug-likeness (QED) is 0.800. The third kappa shape index (κ3) is 4.18. The van der Waals surface area contributed by atoms with Crippen molar-refractivity contribution in [3.05, 3.63) is 59.9 Å².